The highest BCUT2D eigenvalue weighted by atomic mass is 16.5. The van der Waals surface area contributed by atoms with Gasteiger partial charge >= 0.3 is 5.97 Å². The van der Waals surface area contributed by atoms with E-state index in [4.69, 9.17) is 19.0 Å². The molecule has 5 aromatic rings. The number of ether oxygens (including phenoxy) is 2. The maximum Gasteiger partial charge on any atom is 0.335 e. The Morgan fingerprint density at radius 3 is 2.48 bits per heavy atom. The molecule has 0 fully saturated rings. The molecule has 5 rings (SSSR count). The molecule has 0 unspecified atom stereocenters. The molecule has 0 saturated heterocycles. The second kappa shape index (κ2) is 10.8. The quantitative estimate of drug-likeness (QED) is 0.216. The van der Waals surface area contributed by atoms with E-state index in [9.17, 15) is 9.90 Å². The molecule has 206 valence electrons. The number of aryl methyl sites for hydroxylation is 2. The Labute approximate surface area is 232 Å². The summed E-state index contributed by atoms with van der Waals surface area (Å²) in [6.07, 6.45) is 5.41. The molecule has 0 amide bonds. The zero-order valence-electron chi connectivity index (χ0n) is 23.4. The zero-order valence-corrected chi connectivity index (χ0v) is 23.4. The van der Waals surface area contributed by atoms with Gasteiger partial charge in [-0.25, -0.2) is 9.78 Å². The van der Waals surface area contributed by atoms with Gasteiger partial charge in [-0.3, -0.25) is 4.98 Å². The van der Waals surface area contributed by atoms with Crippen LogP contribution in [0.3, 0.4) is 0 Å². The van der Waals surface area contributed by atoms with Gasteiger partial charge in [-0.1, -0.05) is 11.2 Å². The first-order valence-electron chi connectivity index (χ1n) is 13.3. The zero-order chi connectivity index (χ0) is 28.6. The number of hydrogen-bond donors (Lipinski definition) is 1. The summed E-state index contributed by atoms with van der Waals surface area (Å²) in [5.41, 5.74) is 5.69. The molecule has 0 spiro atoms. The summed E-state index contributed by atoms with van der Waals surface area (Å²) in [6.45, 7) is 11.9. The summed E-state index contributed by atoms with van der Waals surface area (Å²) >= 11 is 0. The van der Waals surface area contributed by atoms with E-state index in [1.165, 1.54) is 0 Å². The standard InChI is InChI=1S/C31H32N4O5/c1-7-38-26-13-21(31(36)37)14-27(39-17(2)3)29(26)24-16-35(19(5)25-10-8-9-11-32-25)30-23(24)12-22(15-33-30)28-18(4)34-40-20(28)6/h8-17,19H,7H2,1-6H3,(H,36,37)/t19-/m0/s1. The number of rotatable bonds is 9. The van der Waals surface area contributed by atoms with Crippen molar-refractivity contribution in [2.75, 3.05) is 6.61 Å². The van der Waals surface area contributed by atoms with E-state index in [0.717, 1.165) is 39.1 Å². The summed E-state index contributed by atoms with van der Waals surface area (Å²) in [5, 5.41) is 14.8. The van der Waals surface area contributed by atoms with Gasteiger partial charge in [0.1, 0.15) is 22.9 Å². The summed E-state index contributed by atoms with van der Waals surface area (Å²) < 4.78 is 19.8. The van der Waals surface area contributed by atoms with Crippen LogP contribution in [0.25, 0.3) is 33.3 Å². The monoisotopic (exact) mass is 540 g/mol. The van der Waals surface area contributed by atoms with Gasteiger partial charge in [-0.2, -0.15) is 0 Å². The van der Waals surface area contributed by atoms with Crippen molar-refractivity contribution in [1.29, 1.82) is 0 Å². The second-order valence-electron chi connectivity index (χ2n) is 9.93. The number of benzene rings is 1. The lowest BCUT2D eigenvalue weighted by Crippen LogP contribution is -2.09. The molecule has 4 aromatic heterocycles. The third-order valence-corrected chi connectivity index (χ3v) is 6.77. The van der Waals surface area contributed by atoms with Crippen molar-refractivity contribution in [1.82, 2.24) is 19.7 Å². The normalized spacial score (nSPS) is 12.2. The molecule has 4 heterocycles. The van der Waals surface area contributed by atoms with Crippen molar-refractivity contribution in [3.05, 3.63) is 77.7 Å². The minimum Gasteiger partial charge on any atom is -0.493 e. The van der Waals surface area contributed by atoms with E-state index >= 15 is 0 Å². The van der Waals surface area contributed by atoms with E-state index in [2.05, 4.69) is 27.7 Å². The fourth-order valence-electron chi connectivity index (χ4n) is 5.02. The summed E-state index contributed by atoms with van der Waals surface area (Å²) in [7, 11) is 0. The van der Waals surface area contributed by atoms with Crippen LogP contribution < -0.4 is 9.47 Å². The Hall–Kier alpha value is -4.66. The smallest absolute Gasteiger partial charge is 0.335 e. The van der Waals surface area contributed by atoms with Gasteiger partial charge in [0, 0.05) is 40.7 Å². The van der Waals surface area contributed by atoms with Crippen LogP contribution in [-0.2, 0) is 0 Å². The number of aromatic carboxylic acids is 1. The molecule has 1 aromatic carbocycles. The van der Waals surface area contributed by atoms with Crippen molar-refractivity contribution < 1.29 is 23.9 Å². The third kappa shape index (κ3) is 4.90. The molecule has 0 bridgehead atoms. The molecular weight excluding hydrogens is 508 g/mol. The number of pyridine rings is 2. The average molecular weight is 541 g/mol. The van der Waals surface area contributed by atoms with Gasteiger partial charge in [0.05, 0.1) is 41.3 Å². The van der Waals surface area contributed by atoms with Crippen LogP contribution in [0.5, 0.6) is 11.5 Å². The first kappa shape index (κ1) is 26.9. The van der Waals surface area contributed by atoms with Gasteiger partial charge in [-0.15, -0.1) is 0 Å². The highest BCUT2D eigenvalue weighted by Gasteiger charge is 2.26. The first-order valence-corrected chi connectivity index (χ1v) is 13.3. The number of carboxylic acid groups (broad SMARTS) is 1. The second-order valence-corrected chi connectivity index (χ2v) is 9.93. The largest absolute Gasteiger partial charge is 0.493 e. The SMILES string of the molecule is CCOc1cc(C(=O)O)cc(OC(C)C)c1-c1cn([C@@H](C)c2ccccn2)c2ncc(-c3c(C)noc3C)cc12. The molecule has 0 radical (unpaired) electrons. The fraction of sp³-hybridized carbons (Fsp3) is 0.290. The number of fused-ring (bicyclic) bond motifs is 1. The fourth-order valence-corrected chi connectivity index (χ4v) is 5.02. The summed E-state index contributed by atoms with van der Waals surface area (Å²) in [6, 6.07) is 10.8. The number of carboxylic acids is 1. The Morgan fingerprint density at radius 2 is 1.85 bits per heavy atom. The lowest BCUT2D eigenvalue weighted by atomic mass is 9.98. The molecule has 1 N–H and O–H groups in total. The highest BCUT2D eigenvalue weighted by molar-refractivity contribution is 6.01. The molecular formula is C31H32N4O5. The van der Waals surface area contributed by atoms with Gasteiger partial charge in [0.2, 0.25) is 0 Å². The van der Waals surface area contributed by atoms with Gasteiger partial charge in [0.25, 0.3) is 0 Å². The highest BCUT2D eigenvalue weighted by Crippen LogP contribution is 2.45. The lowest BCUT2D eigenvalue weighted by Gasteiger charge is -2.19. The summed E-state index contributed by atoms with van der Waals surface area (Å²) in [5.74, 6) is 0.483. The van der Waals surface area contributed by atoms with E-state index in [1.54, 1.807) is 18.3 Å². The van der Waals surface area contributed by atoms with E-state index in [1.807, 2.05) is 65.2 Å². The van der Waals surface area contributed by atoms with Crippen LogP contribution in [0, 0.1) is 13.8 Å². The number of nitrogens with zero attached hydrogens (tertiary/aromatic N) is 4. The molecule has 0 aliphatic rings. The average Bonchev–Trinajstić information content (AvgIpc) is 3.47. The van der Waals surface area contributed by atoms with Crippen LogP contribution in [0.4, 0.5) is 0 Å². The number of hydrogen-bond acceptors (Lipinski definition) is 7. The Kier molecular flexibility index (Phi) is 7.30. The minimum atomic E-state index is -1.06. The van der Waals surface area contributed by atoms with Crippen molar-refractivity contribution in [2.24, 2.45) is 0 Å². The Bertz CT molecular complexity index is 1670. The maximum absolute atomic E-state index is 12.0. The molecule has 40 heavy (non-hydrogen) atoms. The van der Waals surface area contributed by atoms with Crippen LogP contribution in [-0.4, -0.2) is 43.5 Å². The molecule has 1 atom stereocenters. The third-order valence-electron chi connectivity index (χ3n) is 6.77. The topological polar surface area (TPSA) is 113 Å². The first-order chi connectivity index (χ1) is 19.2. The Balaban J connectivity index is 1.85. The molecule has 9 nitrogen and oxygen atoms in total. The van der Waals surface area contributed by atoms with Crippen LogP contribution in [0.1, 0.15) is 61.2 Å². The van der Waals surface area contributed by atoms with Crippen molar-refractivity contribution in [3.8, 4) is 33.8 Å². The van der Waals surface area contributed by atoms with Crippen molar-refractivity contribution in [2.45, 2.75) is 53.7 Å². The van der Waals surface area contributed by atoms with Crippen molar-refractivity contribution >= 4 is 17.0 Å². The van der Waals surface area contributed by atoms with Crippen LogP contribution in [0.2, 0.25) is 0 Å². The molecule has 9 heteroatoms. The van der Waals surface area contributed by atoms with Gasteiger partial charge in [-0.05, 0) is 71.9 Å². The van der Waals surface area contributed by atoms with Crippen molar-refractivity contribution in [3.63, 3.8) is 0 Å². The van der Waals surface area contributed by atoms with E-state index in [-0.39, 0.29) is 17.7 Å². The maximum atomic E-state index is 12.0. The Morgan fingerprint density at radius 1 is 1.07 bits per heavy atom. The summed E-state index contributed by atoms with van der Waals surface area (Å²) in [4.78, 5) is 21.5. The predicted molar refractivity (Wildman–Crippen MR) is 152 cm³/mol. The molecule has 0 saturated carbocycles. The van der Waals surface area contributed by atoms with Crippen LogP contribution in [0.15, 0.2) is 59.5 Å². The number of aromatic nitrogens is 4. The van der Waals surface area contributed by atoms with Gasteiger partial charge < -0.3 is 23.7 Å². The lowest BCUT2D eigenvalue weighted by molar-refractivity contribution is 0.0695. The van der Waals surface area contributed by atoms with E-state index in [0.29, 0.717) is 29.4 Å². The van der Waals surface area contributed by atoms with Crippen LogP contribution >= 0.6 is 0 Å². The molecule has 0 aliphatic carbocycles. The van der Waals surface area contributed by atoms with E-state index < -0.39 is 5.97 Å². The molecule has 0 aliphatic heterocycles. The van der Waals surface area contributed by atoms with Gasteiger partial charge in [0.15, 0.2) is 0 Å². The predicted octanol–water partition coefficient (Wildman–Crippen LogP) is 6.86. The number of carbonyl (C=O) groups is 1. The minimum absolute atomic E-state index is 0.0861.